The van der Waals surface area contributed by atoms with Gasteiger partial charge in [0.05, 0.1) is 0 Å². The average molecular weight is 177 g/mol. The van der Waals surface area contributed by atoms with Gasteiger partial charge in [-0.25, -0.2) is 9.97 Å². The predicted octanol–water partition coefficient (Wildman–Crippen LogP) is 1.79. The highest BCUT2D eigenvalue weighted by Gasteiger charge is 1.99. The number of hydrogen-bond acceptors (Lipinski definition) is 4. The molecule has 2 aromatic rings. The Kier molecular flexibility index (Phi) is 1.75. The molecule has 0 fully saturated rings. The van der Waals surface area contributed by atoms with Crippen LogP contribution in [0, 0.1) is 0 Å². The van der Waals surface area contributed by atoms with Gasteiger partial charge in [-0.2, -0.15) is 11.3 Å². The average Bonchev–Trinajstić information content (AvgIpc) is 2.56. The van der Waals surface area contributed by atoms with Crippen molar-refractivity contribution in [1.29, 1.82) is 0 Å². The summed E-state index contributed by atoms with van der Waals surface area (Å²) in [6.45, 7) is 0. The van der Waals surface area contributed by atoms with Crippen molar-refractivity contribution in [2.24, 2.45) is 0 Å². The molecular weight excluding hydrogens is 170 g/mol. The van der Waals surface area contributed by atoms with Gasteiger partial charge in [0.15, 0.2) is 5.82 Å². The summed E-state index contributed by atoms with van der Waals surface area (Å²) in [5.74, 6) is 1.20. The van der Waals surface area contributed by atoms with Crippen LogP contribution in [-0.2, 0) is 0 Å². The van der Waals surface area contributed by atoms with Crippen LogP contribution in [0.15, 0.2) is 29.1 Å². The van der Waals surface area contributed by atoms with Crippen LogP contribution in [-0.4, -0.2) is 9.97 Å². The lowest BCUT2D eigenvalue weighted by molar-refractivity contribution is 1.19. The Hall–Kier alpha value is -1.42. The van der Waals surface area contributed by atoms with E-state index in [1.165, 1.54) is 0 Å². The second-order valence-electron chi connectivity index (χ2n) is 2.32. The summed E-state index contributed by atoms with van der Waals surface area (Å²) in [5, 5.41) is 3.98. The lowest BCUT2D eigenvalue weighted by Gasteiger charge is -1.95. The fourth-order valence-electron chi connectivity index (χ4n) is 0.903. The summed E-state index contributed by atoms with van der Waals surface area (Å²) in [5.41, 5.74) is 6.54. The Bertz CT molecular complexity index is 370. The molecule has 4 heteroatoms. The van der Waals surface area contributed by atoms with Crippen LogP contribution >= 0.6 is 11.3 Å². The first-order valence-corrected chi connectivity index (χ1v) is 4.41. The smallest absolute Gasteiger partial charge is 0.162 e. The maximum absolute atomic E-state index is 5.52. The van der Waals surface area contributed by atoms with Gasteiger partial charge < -0.3 is 5.73 Å². The van der Waals surface area contributed by atoms with E-state index in [-0.39, 0.29) is 0 Å². The Balaban J connectivity index is 2.48. The lowest BCUT2D eigenvalue weighted by atomic mass is 10.3. The van der Waals surface area contributed by atoms with Gasteiger partial charge >= 0.3 is 0 Å². The van der Waals surface area contributed by atoms with E-state index in [4.69, 9.17) is 5.73 Å². The number of anilines is 1. The molecule has 0 aromatic carbocycles. The summed E-state index contributed by atoms with van der Waals surface area (Å²) in [7, 11) is 0. The number of aromatic nitrogens is 2. The molecule has 2 N–H and O–H groups in total. The van der Waals surface area contributed by atoms with Gasteiger partial charge in [0.2, 0.25) is 0 Å². The van der Waals surface area contributed by atoms with Crippen LogP contribution in [0.1, 0.15) is 0 Å². The van der Waals surface area contributed by atoms with Crippen molar-refractivity contribution in [3.8, 4) is 11.4 Å². The first kappa shape index (κ1) is 7.24. The molecule has 0 aliphatic heterocycles. The molecule has 0 bridgehead atoms. The van der Waals surface area contributed by atoms with E-state index in [2.05, 4.69) is 9.97 Å². The molecule has 2 heterocycles. The standard InChI is InChI=1S/C8H7N3S/c9-7-1-3-10-8(11-7)6-2-4-12-5-6/h1-5H,(H2,9,10,11). The number of nitrogens with two attached hydrogens (primary N) is 1. The molecule has 0 unspecified atom stereocenters. The van der Waals surface area contributed by atoms with Gasteiger partial charge in [0, 0.05) is 17.1 Å². The maximum atomic E-state index is 5.52. The van der Waals surface area contributed by atoms with E-state index in [1.807, 2.05) is 16.8 Å². The number of nitrogen functional groups attached to an aromatic ring is 1. The zero-order chi connectivity index (χ0) is 8.39. The van der Waals surface area contributed by atoms with Gasteiger partial charge in [-0.1, -0.05) is 0 Å². The molecular formula is C8H7N3S. The highest BCUT2D eigenvalue weighted by Crippen LogP contribution is 2.17. The summed E-state index contributed by atoms with van der Waals surface area (Å²) in [6, 6.07) is 3.65. The minimum absolute atomic E-state index is 0.506. The molecule has 0 atom stereocenters. The molecule has 0 aliphatic carbocycles. The Morgan fingerprint density at radius 1 is 1.33 bits per heavy atom. The van der Waals surface area contributed by atoms with Crippen molar-refractivity contribution >= 4 is 17.2 Å². The zero-order valence-corrected chi connectivity index (χ0v) is 7.08. The second kappa shape index (κ2) is 2.91. The lowest BCUT2D eigenvalue weighted by Crippen LogP contribution is -1.93. The second-order valence-corrected chi connectivity index (χ2v) is 3.10. The quantitative estimate of drug-likeness (QED) is 0.722. The first-order valence-electron chi connectivity index (χ1n) is 3.47. The van der Waals surface area contributed by atoms with Crippen molar-refractivity contribution in [2.45, 2.75) is 0 Å². The van der Waals surface area contributed by atoms with Crippen LogP contribution in [0.25, 0.3) is 11.4 Å². The maximum Gasteiger partial charge on any atom is 0.162 e. The third-order valence-electron chi connectivity index (χ3n) is 1.46. The Morgan fingerprint density at radius 3 is 2.92 bits per heavy atom. The summed E-state index contributed by atoms with van der Waals surface area (Å²) in [4.78, 5) is 8.19. The van der Waals surface area contributed by atoms with Gasteiger partial charge in [0.1, 0.15) is 5.82 Å². The normalized spacial score (nSPS) is 10.0. The monoisotopic (exact) mass is 177 g/mol. The molecule has 0 radical (unpaired) electrons. The fraction of sp³-hybridized carbons (Fsp3) is 0. The molecule has 0 spiro atoms. The molecule has 0 saturated heterocycles. The molecule has 12 heavy (non-hydrogen) atoms. The number of hydrogen-bond donors (Lipinski definition) is 1. The molecule has 2 rings (SSSR count). The molecule has 3 nitrogen and oxygen atoms in total. The number of rotatable bonds is 1. The summed E-state index contributed by atoms with van der Waals surface area (Å²) >= 11 is 1.62. The van der Waals surface area contributed by atoms with E-state index >= 15 is 0 Å². The zero-order valence-electron chi connectivity index (χ0n) is 6.27. The molecule has 2 aromatic heterocycles. The van der Waals surface area contributed by atoms with Gasteiger partial charge in [-0.3, -0.25) is 0 Å². The Morgan fingerprint density at radius 2 is 2.25 bits per heavy atom. The Labute approximate surface area is 73.9 Å². The summed E-state index contributed by atoms with van der Waals surface area (Å²) in [6.07, 6.45) is 1.66. The van der Waals surface area contributed by atoms with Crippen LogP contribution in [0.5, 0.6) is 0 Å². The van der Waals surface area contributed by atoms with Gasteiger partial charge in [0.25, 0.3) is 0 Å². The van der Waals surface area contributed by atoms with Crippen molar-refractivity contribution in [2.75, 3.05) is 5.73 Å². The van der Waals surface area contributed by atoms with Crippen molar-refractivity contribution in [3.05, 3.63) is 29.1 Å². The number of nitrogens with zero attached hydrogens (tertiary/aromatic N) is 2. The van der Waals surface area contributed by atoms with E-state index < -0.39 is 0 Å². The summed E-state index contributed by atoms with van der Waals surface area (Å²) < 4.78 is 0. The van der Waals surface area contributed by atoms with E-state index in [0.717, 1.165) is 5.56 Å². The molecule has 0 amide bonds. The molecule has 0 aliphatic rings. The highest BCUT2D eigenvalue weighted by atomic mass is 32.1. The van der Waals surface area contributed by atoms with Crippen LogP contribution < -0.4 is 5.73 Å². The van der Waals surface area contributed by atoms with Crippen LogP contribution in [0.4, 0.5) is 5.82 Å². The third-order valence-corrected chi connectivity index (χ3v) is 2.14. The minimum Gasteiger partial charge on any atom is -0.384 e. The van der Waals surface area contributed by atoms with Crippen molar-refractivity contribution in [1.82, 2.24) is 9.97 Å². The first-order chi connectivity index (χ1) is 5.86. The topological polar surface area (TPSA) is 51.8 Å². The third kappa shape index (κ3) is 1.29. The minimum atomic E-state index is 0.506. The van der Waals surface area contributed by atoms with Gasteiger partial charge in [-0.05, 0) is 17.5 Å². The van der Waals surface area contributed by atoms with E-state index in [0.29, 0.717) is 11.6 Å². The van der Waals surface area contributed by atoms with Crippen molar-refractivity contribution in [3.63, 3.8) is 0 Å². The molecule has 60 valence electrons. The molecule has 0 saturated carbocycles. The van der Waals surface area contributed by atoms with Crippen molar-refractivity contribution < 1.29 is 0 Å². The van der Waals surface area contributed by atoms with Gasteiger partial charge in [-0.15, -0.1) is 0 Å². The SMILES string of the molecule is Nc1ccnc(-c2ccsc2)n1. The largest absolute Gasteiger partial charge is 0.384 e. The van der Waals surface area contributed by atoms with E-state index in [9.17, 15) is 0 Å². The predicted molar refractivity (Wildman–Crippen MR) is 49.8 cm³/mol. The van der Waals surface area contributed by atoms with Crippen LogP contribution in [0.3, 0.4) is 0 Å². The van der Waals surface area contributed by atoms with Crippen LogP contribution in [0.2, 0.25) is 0 Å². The van der Waals surface area contributed by atoms with E-state index in [1.54, 1.807) is 23.6 Å². The fourth-order valence-corrected chi connectivity index (χ4v) is 1.54. The highest BCUT2D eigenvalue weighted by molar-refractivity contribution is 7.08. The number of thiophene rings is 1.